The molecule has 1 amide bonds. The molecule has 0 bridgehead atoms. The maximum Gasteiger partial charge on any atom is 0.223 e. The Morgan fingerprint density at radius 2 is 1.91 bits per heavy atom. The van der Waals surface area contributed by atoms with E-state index in [0.717, 1.165) is 74.2 Å². The summed E-state index contributed by atoms with van der Waals surface area (Å²) in [5.74, 6) is 2.22. The second-order valence-corrected chi connectivity index (χ2v) is 9.64. The summed E-state index contributed by atoms with van der Waals surface area (Å²) in [6, 6.07) is 14.5. The summed E-state index contributed by atoms with van der Waals surface area (Å²) < 4.78 is 0. The van der Waals surface area contributed by atoms with Crippen molar-refractivity contribution in [1.82, 2.24) is 25.0 Å². The van der Waals surface area contributed by atoms with Crippen LogP contribution in [-0.4, -0.2) is 63.6 Å². The van der Waals surface area contributed by atoms with Gasteiger partial charge in [0.05, 0.1) is 5.39 Å². The average Bonchev–Trinajstić information content (AvgIpc) is 3.50. The van der Waals surface area contributed by atoms with Crippen LogP contribution < -0.4 is 5.32 Å². The fourth-order valence-electron chi connectivity index (χ4n) is 4.99. The van der Waals surface area contributed by atoms with Crippen LogP contribution in [-0.2, 0) is 11.3 Å². The molecule has 7 heteroatoms. The maximum absolute atomic E-state index is 12.8. The lowest BCUT2D eigenvalue weighted by molar-refractivity contribution is -0.130. The van der Waals surface area contributed by atoms with Gasteiger partial charge in [0, 0.05) is 44.2 Å². The molecule has 5 rings (SSSR count). The number of carbonyl (C=O) groups excluding carboxylic acids is 1. The molecule has 2 N–H and O–H groups in total. The standard InChI is InChI=1S/C26H34N6O/c1-19-9-13-31(14-10-19)15-12-24(33)32-16-11-21(18-32)23-8-7-22-25(29-30-26(22)28-23)27-17-20-5-3-2-4-6-20/h2-8,19,21H,9-18H2,1H3,(H2,27,28,29,30). The van der Waals surface area contributed by atoms with Crippen molar-refractivity contribution in [1.29, 1.82) is 0 Å². The SMILES string of the molecule is CC1CCN(CCC(=O)N2CCC(c3ccc4c(NCc5ccccc5)n[nH]c4n3)C2)CC1. The molecule has 0 aliphatic carbocycles. The summed E-state index contributed by atoms with van der Waals surface area (Å²) >= 11 is 0. The summed E-state index contributed by atoms with van der Waals surface area (Å²) in [4.78, 5) is 22.1. The second-order valence-electron chi connectivity index (χ2n) is 9.64. The monoisotopic (exact) mass is 446 g/mol. The topological polar surface area (TPSA) is 77.2 Å². The van der Waals surface area contributed by atoms with Crippen molar-refractivity contribution in [3.8, 4) is 0 Å². The third-order valence-electron chi connectivity index (χ3n) is 7.23. The van der Waals surface area contributed by atoms with Crippen LogP contribution in [0.15, 0.2) is 42.5 Å². The number of benzene rings is 1. The van der Waals surface area contributed by atoms with Crippen molar-refractivity contribution in [2.75, 3.05) is 38.0 Å². The predicted octanol–water partition coefficient (Wildman–Crippen LogP) is 4.01. The van der Waals surface area contributed by atoms with Gasteiger partial charge in [0.2, 0.25) is 5.91 Å². The Morgan fingerprint density at radius 1 is 1.09 bits per heavy atom. The maximum atomic E-state index is 12.8. The van der Waals surface area contributed by atoms with Crippen LogP contribution in [0.4, 0.5) is 5.82 Å². The van der Waals surface area contributed by atoms with Crippen LogP contribution in [0.25, 0.3) is 11.0 Å². The molecule has 174 valence electrons. The molecular formula is C26H34N6O. The number of nitrogens with zero attached hydrogens (tertiary/aromatic N) is 4. The molecule has 0 saturated carbocycles. The molecule has 0 radical (unpaired) electrons. The number of rotatable bonds is 7. The summed E-state index contributed by atoms with van der Waals surface area (Å²) in [5, 5.41) is 11.9. The van der Waals surface area contributed by atoms with Gasteiger partial charge in [0.1, 0.15) is 0 Å². The van der Waals surface area contributed by atoms with E-state index in [2.05, 4.69) is 51.6 Å². The summed E-state index contributed by atoms with van der Waals surface area (Å²) in [6.45, 7) is 7.79. The number of anilines is 1. The van der Waals surface area contributed by atoms with Gasteiger partial charge in [-0.3, -0.25) is 9.89 Å². The smallest absolute Gasteiger partial charge is 0.223 e. The number of fused-ring (bicyclic) bond motifs is 1. The van der Waals surface area contributed by atoms with Gasteiger partial charge in [-0.1, -0.05) is 37.3 Å². The molecule has 2 fully saturated rings. The Hall–Kier alpha value is -2.93. The van der Waals surface area contributed by atoms with Crippen LogP contribution >= 0.6 is 0 Å². The van der Waals surface area contributed by atoms with Crippen molar-refractivity contribution in [3.63, 3.8) is 0 Å². The van der Waals surface area contributed by atoms with E-state index < -0.39 is 0 Å². The lowest BCUT2D eigenvalue weighted by atomic mass is 9.99. The zero-order valence-electron chi connectivity index (χ0n) is 19.5. The van der Waals surface area contributed by atoms with Crippen molar-refractivity contribution in [2.24, 2.45) is 5.92 Å². The van der Waals surface area contributed by atoms with Crippen molar-refractivity contribution in [2.45, 2.75) is 45.1 Å². The second kappa shape index (κ2) is 9.91. The Labute approximate surface area is 195 Å². The van der Waals surface area contributed by atoms with Crippen LogP contribution in [0.5, 0.6) is 0 Å². The number of hydrogen-bond acceptors (Lipinski definition) is 5. The van der Waals surface area contributed by atoms with E-state index >= 15 is 0 Å². The first kappa shape index (κ1) is 21.9. The first-order chi connectivity index (χ1) is 16.2. The number of carbonyl (C=O) groups is 1. The fraction of sp³-hybridized carbons (Fsp3) is 0.500. The summed E-state index contributed by atoms with van der Waals surface area (Å²) in [6.07, 6.45) is 4.11. The molecule has 4 heterocycles. The van der Waals surface area contributed by atoms with Gasteiger partial charge in [-0.05, 0) is 56.0 Å². The number of H-pyrrole nitrogens is 1. The molecule has 2 aliphatic rings. The van der Waals surface area contributed by atoms with Crippen molar-refractivity contribution >= 4 is 22.8 Å². The Kier molecular flexibility index (Phi) is 6.58. The quantitative estimate of drug-likeness (QED) is 0.574. The highest BCUT2D eigenvalue weighted by Gasteiger charge is 2.29. The first-order valence-corrected chi connectivity index (χ1v) is 12.3. The van der Waals surface area contributed by atoms with Gasteiger partial charge in [0.15, 0.2) is 11.5 Å². The van der Waals surface area contributed by atoms with Crippen molar-refractivity contribution < 1.29 is 4.79 Å². The number of likely N-dealkylation sites (tertiary alicyclic amines) is 2. The van der Waals surface area contributed by atoms with E-state index in [-0.39, 0.29) is 5.91 Å². The minimum atomic E-state index is 0.283. The molecule has 2 aromatic heterocycles. The Bertz CT molecular complexity index is 1070. The number of piperidine rings is 1. The predicted molar refractivity (Wildman–Crippen MR) is 131 cm³/mol. The highest BCUT2D eigenvalue weighted by Crippen LogP contribution is 2.29. The van der Waals surface area contributed by atoms with Crippen LogP contribution in [0, 0.1) is 5.92 Å². The molecule has 7 nitrogen and oxygen atoms in total. The first-order valence-electron chi connectivity index (χ1n) is 12.3. The average molecular weight is 447 g/mol. The number of hydrogen-bond donors (Lipinski definition) is 2. The van der Waals surface area contributed by atoms with Gasteiger partial charge in [-0.2, -0.15) is 5.10 Å². The molecule has 0 spiro atoms. The zero-order chi connectivity index (χ0) is 22.6. The van der Waals surface area contributed by atoms with E-state index in [4.69, 9.17) is 4.98 Å². The zero-order valence-corrected chi connectivity index (χ0v) is 19.5. The lowest BCUT2D eigenvalue weighted by Crippen LogP contribution is -2.37. The normalized spacial score (nSPS) is 19.9. The number of amides is 1. The molecular weight excluding hydrogens is 412 g/mol. The molecule has 1 aromatic carbocycles. The third kappa shape index (κ3) is 5.19. The highest BCUT2D eigenvalue weighted by molar-refractivity contribution is 5.87. The van der Waals surface area contributed by atoms with Gasteiger partial charge >= 0.3 is 0 Å². The van der Waals surface area contributed by atoms with E-state index in [1.165, 1.54) is 18.4 Å². The van der Waals surface area contributed by atoms with Gasteiger partial charge in [0.25, 0.3) is 0 Å². The molecule has 2 saturated heterocycles. The van der Waals surface area contributed by atoms with Crippen LogP contribution in [0.3, 0.4) is 0 Å². The van der Waals surface area contributed by atoms with Gasteiger partial charge < -0.3 is 15.1 Å². The largest absolute Gasteiger partial charge is 0.364 e. The molecule has 33 heavy (non-hydrogen) atoms. The van der Waals surface area contributed by atoms with E-state index in [9.17, 15) is 4.79 Å². The minimum absolute atomic E-state index is 0.283. The molecule has 3 aromatic rings. The fourth-order valence-corrected chi connectivity index (χ4v) is 4.99. The van der Waals surface area contributed by atoms with Crippen LogP contribution in [0.1, 0.15) is 49.8 Å². The van der Waals surface area contributed by atoms with Crippen LogP contribution in [0.2, 0.25) is 0 Å². The van der Waals surface area contributed by atoms with Crippen molar-refractivity contribution in [3.05, 3.63) is 53.7 Å². The Balaban J connectivity index is 1.16. The Morgan fingerprint density at radius 3 is 2.73 bits per heavy atom. The third-order valence-corrected chi connectivity index (χ3v) is 7.23. The lowest BCUT2D eigenvalue weighted by Gasteiger charge is -2.30. The molecule has 2 aliphatic heterocycles. The van der Waals surface area contributed by atoms with Gasteiger partial charge in [-0.25, -0.2) is 4.98 Å². The molecule has 1 atom stereocenters. The number of aromatic nitrogens is 3. The number of nitrogens with one attached hydrogen (secondary N) is 2. The number of pyridine rings is 1. The number of aromatic amines is 1. The minimum Gasteiger partial charge on any atom is -0.364 e. The molecule has 1 unspecified atom stereocenters. The van der Waals surface area contributed by atoms with E-state index in [1.54, 1.807) is 0 Å². The highest BCUT2D eigenvalue weighted by atomic mass is 16.2. The summed E-state index contributed by atoms with van der Waals surface area (Å²) in [7, 11) is 0. The van der Waals surface area contributed by atoms with E-state index in [0.29, 0.717) is 12.3 Å². The summed E-state index contributed by atoms with van der Waals surface area (Å²) in [5.41, 5.74) is 3.05. The van der Waals surface area contributed by atoms with Gasteiger partial charge in [-0.15, -0.1) is 0 Å². The van der Waals surface area contributed by atoms with E-state index in [1.807, 2.05) is 23.1 Å².